The third-order valence-corrected chi connectivity index (χ3v) is 2.91. The van der Waals surface area contributed by atoms with Crippen molar-refractivity contribution >= 4 is 5.91 Å². The second-order valence-corrected chi connectivity index (χ2v) is 5.55. The molecule has 0 spiro atoms. The highest BCUT2D eigenvalue weighted by Crippen LogP contribution is 2.15. The molecule has 1 aromatic carbocycles. The highest BCUT2D eigenvalue weighted by molar-refractivity contribution is 5.94. The number of nitrogens with zero attached hydrogens (tertiary/aromatic N) is 1. The van der Waals surface area contributed by atoms with E-state index in [1.165, 1.54) is 0 Å². The summed E-state index contributed by atoms with van der Waals surface area (Å²) in [5.41, 5.74) is 0.615. The third kappa shape index (κ3) is 4.85. The van der Waals surface area contributed by atoms with Crippen LogP contribution in [0.3, 0.4) is 0 Å². The Kier molecular flexibility index (Phi) is 6.52. The molecule has 0 aliphatic rings. The lowest BCUT2D eigenvalue weighted by molar-refractivity contribution is 0.0665. The second-order valence-electron chi connectivity index (χ2n) is 5.55. The largest absolute Gasteiger partial charge is 0.493 e. The van der Waals surface area contributed by atoms with Crippen LogP contribution < -0.4 is 4.74 Å². The van der Waals surface area contributed by atoms with E-state index in [9.17, 15) is 4.79 Å². The molecule has 112 valence electrons. The molecule has 4 heteroatoms. The fourth-order valence-electron chi connectivity index (χ4n) is 1.82. The van der Waals surface area contributed by atoms with Crippen LogP contribution in [0.25, 0.3) is 0 Å². The van der Waals surface area contributed by atoms with Crippen molar-refractivity contribution < 1.29 is 14.6 Å². The Morgan fingerprint density at radius 1 is 1.20 bits per heavy atom. The Morgan fingerprint density at radius 3 is 2.25 bits per heavy atom. The van der Waals surface area contributed by atoms with Crippen LogP contribution in [-0.4, -0.2) is 41.7 Å². The summed E-state index contributed by atoms with van der Waals surface area (Å²) in [4.78, 5) is 14.0. The summed E-state index contributed by atoms with van der Waals surface area (Å²) in [5, 5.41) is 9.03. The molecule has 0 atom stereocenters. The number of hydrogen-bond acceptors (Lipinski definition) is 3. The van der Waals surface area contributed by atoms with E-state index in [4.69, 9.17) is 9.84 Å². The lowest BCUT2D eigenvalue weighted by atomic mass is 10.1. The van der Waals surface area contributed by atoms with E-state index in [1.54, 1.807) is 17.0 Å². The van der Waals surface area contributed by atoms with Gasteiger partial charge >= 0.3 is 0 Å². The molecule has 0 aromatic heterocycles. The van der Waals surface area contributed by atoms with Gasteiger partial charge in [-0.2, -0.15) is 0 Å². The van der Waals surface area contributed by atoms with Gasteiger partial charge in [-0.05, 0) is 44.0 Å². The molecular formula is C16H25NO3. The molecule has 0 radical (unpaired) electrons. The van der Waals surface area contributed by atoms with Gasteiger partial charge in [0.25, 0.3) is 5.91 Å². The quantitative estimate of drug-likeness (QED) is 0.834. The molecule has 1 rings (SSSR count). The zero-order valence-corrected chi connectivity index (χ0v) is 12.8. The van der Waals surface area contributed by atoms with Crippen LogP contribution in [-0.2, 0) is 0 Å². The average molecular weight is 279 g/mol. The molecule has 0 aliphatic carbocycles. The maximum atomic E-state index is 12.3. The molecule has 0 bridgehead atoms. The first-order valence-electron chi connectivity index (χ1n) is 7.10. The highest BCUT2D eigenvalue weighted by atomic mass is 16.5. The SMILES string of the molecule is CC(C)COc1ccc(C(=O)N(CCO)C(C)C)cc1. The highest BCUT2D eigenvalue weighted by Gasteiger charge is 2.18. The Hall–Kier alpha value is -1.55. The van der Waals surface area contributed by atoms with Gasteiger partial charge in [-0.3, -0.25) is 4.79 Å². The maximum Gasteiger partial charge on any atom is 0.254 e. The van der Waals surface area contributed by atoms with Gasteiger partial charge in [0.05, 0.1) is 13.2 Å². The maximum absolute atomic E-state index is 12.3. The van der Waals surface area contributed by atoms with Gasteiger partial charge in [0.15, 0.2) is 0 Å². The number of carbonyl (C=O) groups excluding carboxylic acids is 1. The topological polar surface area (TPSA) is 49.8 Å². The van der Waals surface area contributed by atoms with Crippen molar-refractivity contribution in [3.8, 4) is 5.75 Å². The first-order valence-corrected chi connectivity index (χ1v) is 7.10. The number of aliphatic hydroxyl groups excluding tert-OH is 1. The van der Waals surface area contributed by atoms with Gasteiger partial charge in [0.2, 0.25) is 0 Å². The minimum Gasteiger partial charge on any atom is -0.493 e. The number of benzene rings is 1. The minimum atomic E-state index is -0.0653. The van der Waals surface area contributed by atoms with Gasteiger partial charge in [-0.1, -0.05) is 13.8 Å². The van der Waals surface area contributed by atoms with Gasteiger partial charge in [0, 0.05) is 18.2 Å². The molecule has 1 N–H and O–H groups in total. The normalized spacial score (nSPS) is 10.9. The summed E-state index contributed by atoms with van der Waals surface area (Å²) >= 11 is 0. The fourth-order valence-corrected chi connectivity index (χ4v) is 1.82. The van der Waals surface area contributed by atoms with Crippen LogP contribution in [0.2, 0.25) is 0 Å². The van der Waals surface area contributed by atoms with Gasteiger partial charge in [0.1, 0.15) is 5.75 Å². The summed E-state index contributed by atoms with van der Waals surface area (Å²) < 4.78 is 5.59. The van der Waals surface area contributed by atoms with E-state index in [1.807, 2.05) is 26.0 Å². The second kappa shape index (κ2) is 7.90. The molecule has 0 heterocycles. The number of carbonyl (C=O) groups is 1. The predicted molar refractivity (Wildman–Crippen MR) is 80.0 cm³/mol. The smallest absolute Gasteiger partial charge is 0.254 e. The molecule has 0 saturated heterocycles. The molecule has 1 aromatic rings. The Balaban J connectivity index is 2.73. The van der Waals surface area contributed by atoms with Crippen LogP contribution in [0, 0.1) is 5.92 Å². The minimum absolute atomic E-state index is 0.0283. The molecule has 0 aliphatic heterocycles. The zero-order valence-electron chi connectivity index (χ0n) is 12.8. The first kappa shape index (κ1) is 16.5. The average Bonchev–Trinajstić information content (AvgIpc) is 2.42. The van der Waals surface area contributed by atoms with Crippen LogP contribution in [0.1, 0.15) is 38.1 Å². The Morgan fingerprint density at radius 2 is 1.80 bits per heavy atom. The van der Waals surface area contributed by atoms with E-state index in [-0.39, 0.29) is 18.6 Å². The number of rotatable bonds is 7. The van der Waals surface area contributed by atoms with E-state index in [0.717, 1.165) is 5.75 Å². The molecule has 4 nitrogen and oxygen atoms in total. The Bertz CT molecular complexity index is 412. The summed E-state index contributed by atoms with van der Waals surface area (Å²) in [5.74, 6) is 1.18. The predicted octanol–water partition coefficient (Wildman–Crippen LogP) is 2.56. The van der Waals surface area contributed by atoms with Crippen molar-refractivity contribution in [1.29, 1.82) is 0 Å². The van der Waals surface area contributed by atoms with Gasteiger partial charge in [-0.25, -0.2) is 0 Å². The van der Waals surface area contributed by atoms with Crippen molar-refractivity contribution in [2.45, 2.75) is 33.7 Å². The van der Waals surface area contributed by atoms with Crippen molar-refractivity contribution in [2.75, 3.05) is 19.8 Å². The van der Waals surface area contributed by atoms with Crippen molar-refractivity contribution in [3.63, 3.8) is 0 Å². The lowest BCUT2D eigenvalue weighted by Gasteiger charge is -2.26. The summed E-state index contributed by atoms with van der Waals surface area (Å²) in [6.45, 7) is 9.04. The number of aliphatic hydroxyl groups is 1. The lowest BCUT2D eigenvalue weighted by Crippen LogP contribution is -2.38. The summed E-state index contributed by atoms with van der Waals surface area (Å²) in [7, 11) is 0. The van der Waals surface area contributed by atoms with Crippen molar-refractivity contribution in [2.24, 2.45) is 5.92 Å². The van der Waals surface area contributed by atoms with E-state index >= 15 is 0 Å². The number of amides is 1. The van der Waals surface area contributed by atoms with Gasteiger partial charge in [-0.15, -0.1) is 0 Å². The van der Waals surface area contributed by atoms with Crippen LogP contribution in [0.15, 0.2) is 24.3 Å². The molecule has 20 heavy (non-hydrogen) atoms. The molecule has 1 amide bonds. The van der Waals surface area contributed by atoms with Crippen LogP contribution in [0.4, 0.5) is 0 Å². The van der Waals surface area contributed by atoms with Crippen LogP contribution >= 0.6 is 0 Å². The molecule has 0 unspecified atom stereocenters. The van der Waals surface area contributed by atoms with Crippen molar-refractivity contribution in [1.82, 2.24) is 4.90 Å². The zero-order chi connectivity index (χ0) is 15.1. The van der Waals surface area contributed by atoms with E-state index in [2.05, 4.69) is 13.8 Å². The molecule has 0 saturated carbocycles. The molecule has 0 fully saturated rings. The summed E-state index contributed by atoms with van der Waals surface area (Å²) in [6.07, 6.45) is 0. The van der Waals surface area contributed by atoms with Crippen LogP contribution in [0.5, 0.6) is 5.75 Å². The number of ether oxygens (including phenoxy) is 1. The fraction of sp³-hybridized carbons (Fsp3) is 0.562. The molecular weight excluding hydrogens is 254 g/mol. The Labute approximate surface area is 121 Å². The third-order valence-electron chi connectivity index (χ3n) is 2.91. The number of hydrogen-bond donors (Lipinski definition) is 1. The van der Waals surface area contributed by atoms with Gasteiger partial charge < -0.3 is 14.7 Å². The van der Waals surface area contributed by atoms with E-state index in [0.29, 0.717) is 24.6 Å². The standard InChI is InChI=1S/C16H25NO3/c1-12(2)11-20-15-7-5-14(6-8-15)16(19)17(9-10-18)13(3)4/h5-8,12-13,18H,9-11H2,1-4H3. The summed E-state index contributed by atoms with van der Waals surface area (Å²) in [6, 6.07) is 7.22. The monoisotopic (exact) mass is 279 g/mol. The van der Waals surface area contributed by atoms with Crippen molar-refractivity contribution in [3.05, 3.63) is 29.8 Å². The van der Waals surface area contributed by atoms with E-state index < -0.39 is 0 Å². The first-order chi connectivity index (χ1) is 9.45.